The first-order valence-electron chi connectivity index (χ1n) is 9.13. The van der Waals surface area contributed by atoms with Crippen LogP contribution in [-0.4, -0.2) is 56.7 Å². The molecule has 4 aromatic rings. The molecule has 140 valence electrons. The molecule has 1 fully saturated rings. The maximum Gasteiger partial charge on any atom is 0.289 e. The van der Waals surface area contributed by atoms with Gasteiger partial charge in [0.2, 0.25) is 0 Å². The average molecular weight is 374 g/mol. The van der Waals surface area contributed by atoms with Crippen molar-refractivity contribution in [2.45, 2.75) is 0 Å². The summed E-state index contributed by atoms with van der Waals surface area (Å²) in [4.78, 5) is 25.4. The number of piperazine rings is 1. The number of hydrogen-bond acceptors (Lipinski definition) is 6. The number of furan rings is 1. The third kappa shape index (κ3) is 2.98. The summed E-state index contributed by atoms with van der Waals surface area (Å²) in [7, 11) is 0. The molecule has 8 heteroatoms. The highest BCUT2D eigenvalue weighted by atomic mass is 16.3. The zero-order valence-corrected chi connectivity index (χ0v) is 15.1. The molecule has 1 amide bonds. The second-order valence-electron chi connectivity index (χ2n) is 6.61. The molecule has 5 rings (SSSR count). The van der Waals surface area contributed by atoms with Crippen molar-refractivity contribution in [3.05, 3.63) is 66.9 Å². The van der Waals surface area contributed by atoms with E-state index in [1.807, 2.05) is 53.6 Å². The number of para-hydroxylation sites is 1. The average Bonchev–Trinajstić information content (AvgIpc) is 3.43. The minimum Gasteiger partial charge on any atom is -0.451 e. The quantitative estimate of drug-likeness (QED) is 0.548. The highest BCUT2D eigenvalue weighted by Gasteiger charge is 2.25. The van der Waals surface area contributed by atoms with Crippen LogP contribution in [-0.2, 0) is 0 Å². The number of aromatic nitrogens is 4. The van der Waals surface area contributed by atoms with E-state index in [4.69, 9.17) is 4.42 Å². The molecule has 3 aromatic heterocycles. The van der Waals surface area contributed by atoms with Crippen LogP contribution >= 0.6 is 0 Å². The maximum absolute atomic E-state index is 12.8. The molecule has 1 aliphatic heterocycles. The van der Waals surface area contributed by atoms with Gasteiger partial charge in [-0.05, 0) is 18.2 Å². The van der Waals surface area contributed by atoms with Crippen LogP contribution in [0.2, 0.25) is 0 Å². The van der Waals surface area contributed by atoms with Gasteiger partial charge in [0.1, 0.15) is 17.7 Å². The van der Waals surface area contributed by atoms with Crippen molar-refractivity contribution in [3.8, 4) is 5.82 Å². The van der Waals surface area contributed by atoms with E-state index < -0.39 is 0 Å². The van der Waals surface area contributed by atoms with Crippen LogP contribution in [0.25, 0.3) is 16.8 Å². The van der Waals surface area contributed by atoms with Gasteiger partial charge in [-0.3, -0.25) is 4.79 Å². The lowest BCUT2D eigenvalue weighted by atomic mass is 10.2. The predicted molar refractivity (Wildman–Crippen MR) is 103 cm³/mol. The molecule has 0 bridgehead atoms. The first-order chi connectivity index (χ1) is 13.8. The Labute approximate surface area is 161 Å². The molecule has 0 aliphatic carbocycles. The lowest BCUT2D eigenvalue weighted by Gasteiger charge is -2.35. The first kappa shape index (κ1) is 16.5. The van der Waals surface area contributed by atoms with Crippen molar-refractivity contribution in [2.75, 3.05) is 31.1 Å². The topological polar surface area (TPSA) is 80.3 Å². The number of hydrogen-bond donors (Lipinski definition) is 0. The van der Waals surface area contributed by atoms with Crippen molar-refractivity contribution in [2.24, 2.45) is 0 Å². The summed E-state index contributed by atoms with van der Waals surface area (Å²) < 4.78 is 7.42. The molecule has 0 saturated carbocycles. The lowest BCUT2D eigenvalue weighted by molar-refractivity contribution is 0.0717. The highest BCUT2D eigenvalue weighted by molar-refractivity contribution is 5.96. The summed E-state index contributed by atoms with van der Waals surface area (Å²) in [6, 6.07) is 13.2. The van der Waals surface area contributed by atoms with Gasteiger partial charge in [0, 0.05) is 50.0 Å². The molecule has 4 heterocycles. The Balaban J connectivity index is 1.28. The number of amides is 1. The van der Waals surface area contributed by atoms with E-state index in [1.165, 1.54) is 6.33 Å². The molecule has 28 heavy (non-hydrogen) atoms. The number of anilines is 1. The first-order valence-corrected chi connectivity index (χ1v) is 9.13. The standard InChI is InChI=1S/C20H18N6O2/c27-20(17-12-15-4-1-2-5-16(15)28-17)25-10-8-24(9-11-25)18-13-19(22-14-21-18)26-7-3-6-23-26/h1-7,12-14H,8-11H2. The minimum absolute atomic E-state index is 0.0734. The molecule has 0 N–H and O–H groups in total. The molecule has 0 radical (unpaired) electrons. The van der Waals surface area contributed by atoms with Crippen LogP contribution in [0.3, 0.4) is 0 Å². The second kappa shape index (κ2) is 6.80. The molecular weight excluding hydrogens is 356 g/mol. The van der Waals surface area contributed by atoms with E-state index in [2.05, 4.69) is 20.0 Å². The SMILES string of the molecule is O=C(c1cc2ccccc2o1)N1CCN(c2cc(-n3cccn3)ncn2)CC1. The Bertz CT molecular complexity index is 1080. The van der Waals surface area contributed by atoms with Crippen LogP contribution in [0.4, 0.5) is 5.82 Å². The van der Waals surface area contributed by atoms with Crippen LogP contribution in [0.1, 0.15) is 10.6 Å². The van der Waals surface area contributed by atoms with Gasteiger partial charge in [-0.2, -0.15) is 5.10 Å². The molecule has 1 aromatic carbocycles. The Kier molecular flexibility index (Phi) is 4.01. The predicted octanol–water partition coefficient (Wildman–Crippen LogP) is 2.37. The van der Waals surface area contributed by atoms with Crippen LogP contribution in [0.15, 0.2) is 65.6 Å². The summed E-state index contributed by atoms with van der Waals surface area (Å²) in [5.74, 6) is 1.86. The van der Waals surface area contributed by atoms with E-state index in [1.54, 1.807) is 10.9 Å². The van der Waals surface area contributed by atoms with Crippen LogP contribution < -0.4 is 4.90 Å². The van der Waals surface area contributed by atoms with Crippen molar-refractivity contribution < 1.29 is 9.21 Å². The molecule has 0 spiro atoms. The van der Waals surface area contributed by atoms with E-state index >= 15 is 0 Å². The monoisotopic (exact) mass is 374 g/mol. The van der Waals surface area contributed by atoms with Crippen molar-refractivity contribution in [3.63, 3.8) is 0 Å². The maximum atomic E-state index is 12.8. The minimum atomic E-state index is -0.0734. The summed E-state index contributed by atoms with van der Waals surface area (Å²) in [5.41, 5.74) is 0.733. The van der Waals surface area contributed by atoms with Crippen molar-refractivity contribution >= 4 is 22.7 Å². The smallest absolute Gasteiger partial charge is 0.289 e. The molecule has 0 unspecified atom stereocenters. The summed E-state index contributed by atoms with van der Waals surface area (Å²) in [6.07, 6.45) is 5.10. The van der Waals surface area contributed by atoms with Gasteiger partial charge in [-0.15, -0.1) is 0 Å². The Hall–Kier alpha value is -3.68. The molecule has 1 saturated heterocycles. The van der Waals surface area contributed by atoms with E-state index in [9.17, 15) is 4.79 Å². The zero-order chi connectivity index (χ0) is 18.9. The van der Waals surface area contributed by atoms with Gasteiger partial charge >= 0.3 is 0 Å². The number of carbonyl (C=O) groups excluding carboxylic acids is 1. The number of rotatable bonds is 3. The molecule has 1 aliphatic rings. The fourth-order valence-electron chi connectivity index (χ4n) is 3.42. The number of carbonyl (C=O) groups is 1. The lowest BCUT2D eigenvalue weighted by Crippen LogP contribution is -2.49. The Morgan fingerprint density at radius 1 is 0.964 bits per heavy atom. The van der Waals surface area contributed by atoms with Gasteiger partial charge in [-0.25, -0.2) is 14.6 Å². The Morgan fingerprint density at radius 2 is 1.79 bits per heavy atom. The third-order valence-corrected chi connectivity index (χ3v) is 4.90. The van der Waals surface area contributed by atoms with Gasteiger partial charge in [0.15, 0.2) is 11.6 Å². The fraction of sp³-hybridized carbons (Fsp3) is 0.200. The molecular formula is C20H18N6O2. The zero-order valence-electron chi connectivity index (χ0n) is 15.1. The largest absolute Gasteiger partial charge is 0.451 e. The van der Waals surface area contributed by atoms with E-state index in [0.29, 0.717) is 31.9 Å². The highest BCUT2D eigenvalue weighted by Crippen LogP contribution is 2.21. The van der Waals surface area contributed by atoms with Crippen LogP contribution in [0.5, 0.6) is 0 Å². The number of nitrogens with zero attached hydrogens (tertiary/aromatic N) is 6. The van der Waals surface area contributed by atoms with E-state index in [-0.39, 0.29) is 5.91 Å². The van der Waals surface area contributed by atoms with Crippen LogP contribution in [0, 0.1) is 0 Å². The number of fused-ring (bicyclic) bond motifs is 1. The summed E-state index contributed by atoms with van der Waals surface area (Å²) in [6.45, 7) is 2.61. The van der Waals surface area contributed by atoms with Gasteiger partial charge in [0.05, 0.1) is 0 Å². The molecule has 0 atom stereocenters. The van der Waals surface area contributed by atoms with Crippen molar-refractivity contribution in [1.82, 2.24) is 24.6 Å². The summed E-state index contributed by atoms with van der Waals surface area (Å²) >= 11 is 0. The number of benzene rings is 1. The van der Waals surface area contributed by atoms with E-state index in [0.717, 1.165) is 22.6 Å². The second-order valence-corrected chi connectivity index (χ2v) is 6.61. The third-order valence-electron chi connectivity index (χ3n) is 4.90. The fourth-order valence-corrected chi connectivity index (χ4v) is 3.42. The normalized spacial score (nSPS) is 14.6. The van der Waals surface area contributed by atoms with Crippen molar-refractivity contribution in [1.29, 1.82) is 0 Å². The molecule has 8 nitrogen and oxygen atoms in total. The van der Waals surface area contributed by atoms with Gasteiger partial charge in [-0.1, -0.05) is 18.2 Å². The Morgan fingerprint density at radius 3 is 2.57 bits per heavy atom. The summed E-state index contributed by atoms with van der Waals surface area (Å²) in [5, 5.41) is 5.15. The van der Waals surface area contributed by atoms with Gasteiger partial charge in [0.25, 0.3) is 5.91 Å². The van der Waals surface area contributed by atoms with Gasteiger partial charge < -0.3 is 14.2 Å².